The number of halogens is 1. The maximum absolute atomic E-state index is 6.02. The van der Waals surface area contributed by atoms with Gasteiger partial charge in [-0.1, -0.05) is 37.6 Å². The number of hydrogen-bond donors (Lipinski definition) is 1. The molecule has 1 heterocycles. The second kappa shape index (κ2) is 7.38. The molecule has 0 atom stereocenters. The molecule has 21 heavy (non-hydrogen) atoms. The molecule has 0 amide bonds. The highest BCUT2D eigenvalue weighted by Gasteiger charge is 2.06. The Morgan fingerprint density at radius 1 is 1.29 bits per heavy atom. The molecule has 0 unspecified atom stereocenters. The molecule has 0 saturated heterocycles. The Bertz CT molecular complexity index is 586. The van der Waals surface area contributed by atoms with Crippen LogP contribution >= 0.6 is 11.6 Å². The van der Waals surface area contributed by atoms with Crippen LogP contribution in [0.4, 0.5) is 5.82 Å². The van der Waals surface area contributed by atoms with E-state index in [4.69, 9.17) is 11.6 Å². The van der Waals surface area contributed by atoms with Gasteiger partial charge in [0.2, 0.25) is 0 Å². The fourth-order valence-corrected chi connectivity index (χ4v) is 2.18. The second-order valence-corrected chi connectivity index (χ2v) is 5.83. The molecule has 0 aliphatic heterocycles. The number of nitrogens with one attached hydrogen (secondary N) is 1. The van der Waals surface area contributed by atoms with Crippen molar-refractivity contribution in [2.45, 2.75) is 33.0 Å². The van der Waals surface area contributed by atoms with Gasteiger partial charge in [-0.3, -0.25) is 4.98 Å². The lowest BCUT2D eigenvalue weighted by Crippen LogP contribution is -2.23. The summed E-state index contributed by atoms with van der Waals surface area (Å²) in [5.41, 5.74) is 2.09. The topological polar surface area (TPSA) is 41.1 Å². The zero-order chi connectivity index (χ0) is 15.2. The Kier molecular flexibility index (Phi) is 5.53. The zero-order valence-electron chi connectivity index (χ0n) is 12.7. The number of hydrogen-bond acceptors (Lipinski definition) is 4. The Morgan fingerprint density at radius 3 is 2.81 bits per heavy atom. The lowest BCUT2D eigenvalue weighted by Gasteiger charge is -2.19. The van der Waals surface area contributed by atoms with Crippen LogP contribution in [0.3, 0.4) is 0 Å². The van der Waals surface area contributed by atoms with Crippen LogP contribution < -0.4 is 10.2 Å². The molecule has 0 radical (unpaired) electrons. The van der Waals surface area contributed by atoms with Crippen LogP contribution in [0.5, 0.6) is 0 Å². The summed E-state index contributed by atoms with van der Waals surface area (Å²) in [6.45, 7) is 5.70. The highest BCUT2D eigenvalue weighted by atomic mass is 35.5. The van der Waals surface area contributed by atoms with Crippen molar-refractivity contribution in [1.82, 2.24) is 15.3 Å². The molecule has 0 fully saturated rings. The van der Waals surface area contributed by atoms with Crippen molar-refractivity contribution in [2.24, 2.45) is 0 Å². The first-order chi connectivity index (χ1) is 10.0. The predicted molar refractivity (Wildman–Crippen MR) is 87.6 cm³/mol. The van der Waals surface area contributed by atoms with Gasteiger partial charge in [0.15, 0.2) is 0 Å². The fraction of sp³-hybridized carbons (Fsp3) is 0.375. The standard InChI is InChI=1S/C16H21ClN4/c1-12(2)19-9-15-8-18-10-16(20-15)21(3)11-13-5-4-6-14(17)7-13/h4-8,10,12,19H,9,11H2,1-3H3. The van der Waals surface area contributed by atoms with Gasteiger partial charge in [-0.05, 0) is 17.7 Å². The van der Waals surface area contributed by atoms with E-state index < -0.39 is 0 Å². The molecular weight excluding hydrogens is 284 g/mol. The van der Waals surface area contributed by atoms with Crippen LogP contribution in [0.2, 0.25) is 5.02 Å². The van der Waals surface area contributed by atoms with Crippen molar-refractivity contribution >= 4 is 17.4 Å². The van der Waals surface area contributed by atoms with Crippen LogP contribution in [0.25, 0.3) is 0 Å². The van der Waals surface area contributed by atoms with E-state index in [0.717, 1.165) is 35.2 Å². The van der Waals surface area contributed by atoms with E-state index in [2.05, 4.69) is 40.1 Å². The number of benzene rings is 1. The zero-order valence-corrected chi connectivity index (χ0v) is 13.4. The maximum Gasteiger partial charge on any atom is 0.147 e. The SMILES string of the molecule is CC(C)NCc1cncc(N(C)Cc2cccc(Cl)c2)n1. The smallest absolute Gasteiger partial charge is 0.147 e. The summed E-state index contributed by atoms with van der Waals surface area (Å²) in [5, 5.41) is 4.10. The molecule has 2 rings (SSSR count). The van der Waals surface area contributed by atoms with E-state index in [1.54, 1.807) is 12.4 Å². The number of anilines is 1. The first-order valence-corrected chi connectivity index (χ1v) is 7.42. The average molecular weight is 305 g/mol. The first kappa shape index (κ1) is 15.7. The molecule has 4 nitrogen and oxygen atoms in total. The normalized spacial score (nSPS) is 10.9. The highest BCUT2D eigenvalue weighted by Crippen LogP contribution is 2.15. The molecule has 0 bridgehead atoms. The van der Waals surface area contributed by atoms with E-state index in [1.807, 2.05) is 25.2 Å². The predicted octanol–water partition coefficient (Wildman–Crippen LogP) is 3.26. The van der Waals surface area contributed by atoms with Gasteiger partial charge in [-0.2, -0.15) is 0 Å². The van der Waals surface area contributed by atoms with Crippen molar-refractivity contribution in [3.05, 3.63) is 52.9 Å². The lowest BCUT2D eigenvalue weighted by molar-refractivity contribution is 0.580. The van der Waals surface area contributed by atoms with Crippen LogP contribution in [0.1, 0.15) is 25.1 Å². The van der Waals surface area contributed by atoms with E-state index in [0.29, 0.717) is 6.04 Å². The Labute approximate surface area is 131 Å². The van der Waals surface area contributed by atoms with E-state index in [-0.39, 0.29) is 0 Å². The van der Waals surface area contributed by atoms with Crippen molar-refractivity contribution in [3.8, 4) is 0 Å². The summed E-state index contributed by atoms with van der Waals surface area (Å²) < 4.78 is 0. The Morgan fingerprint density at radius 2 is 2.10 bits per heavy atom. The summed E-state index contributed by atoms with van der Waals surface area (Å²) in [4.78, 5) is 11.0. The highest BCUT2D eigenvalue weighted by molar-refractivity contribution is 6.30. The summed E-state index contributed by atoms with van der Waals surface area (Å²) >= 11 is 6.02. The van der Waals surface area contributed by atoms with Gasteiger partial charge < -0.3 is 10.2 Å². The van der Waals surface area contributed by atoms with E-state index >= 15 is 0 Å². The third kappa shape index (κ3) is 4.99. The van der Waals surface area contributed by atoms with Crippen LogP contribution in [0.15, 0.2) is 36.7 Å². The largest absolute Gasteiger partial charge is 0.354 e. The molecule has 112 valence electrons. The molecule has 5 heteroatoms. The second-order valence-electron chi connectivity index (χ2n) is 5.39. The number of rotatable bonds is 6. The first-order valence-electron chi connectivity index (χ1n) is 7.04. The minimum absolute atomic E-state index is 0.430. The van der Waals surface area contributed by atoms with E-state index in [9.17, 15) is 0 Å². The van der Waals surface area contributed by atoms with Gasteiger partial charge in [0.25, 0.3) is 0 Å². The average Bonchev–Trinajstić information content (AvgIpc) is 2.45. The molecule has 0 spiro atoms. The molecule has 0 aliphatic carbocycles. The molecule has 0 saturated carbocycles. The summed E-state index contributed by atoms with van der Waals surface area (Å²) in [6.07, 6.45) is 3.58. The number of aromatic nitrogens is 2. The van der Waals surface area contributed by atoms with Gasteiger partial charge in [-0.15, -0.1) is 0 Å². The van der Waals surface area contributed by atoms with Crippen LogP contribution in [0, 0.1) is 0 Å². The van der Waals surface area contributed by atoms with Crippen molar-refractivity contribution in [3.63, 3.8) is 0 Å². The van der Waals surface area contributed by atoms with Gasteiger partial charge in [0.1, 0.15) is 5.82 Å². The Balaban J connectivity index is 2.05. The summed E-state index contributed by atoms with van der Waals surface area (Å²) in [5.74, 6) is 0.859. The van der Waals surface area contributed by atoms with Crippen LogP contribution in [-0.2, 0) is 13.1 Å². The molecule has 1 aromatic carbocycles. The quantitative estimate of drug-likeness (QED) is 0.889. The van der Waals surface area contributed by atoms with Crippen molar-refractivity contribution < 1.29 is 0 Å². The lowest BCUT2D eigenvalue weighted by atomic mass is 10.2. The molecule has 1 N–H and O–H groups in total. The van der Waals surface area contributed by atoms with Crippen LogP contribution in [-0.4, -0.2) is 23.1 Å². The minimum Gasteiger partial charge on any atom is -0.354 e. The van der Waals surface area contributed by atoms with Gasteiger partial charge in [0.05, 0.1) is 11.9 Å². The number of nitrogens with zero attached hydrogens (tertiary/aromatic N) is 3. The van der Waals surface area contributed by atoms with Gasteiger partial charge in [-0.25, -0.2) is 4.98 Å². The summed E-state index contributed by atoms with van der Waals surface area (Å²) in [7, 11) is 2.00. The van der Waals surface area contributed by atoms with E-state index in [1.165, 1.54) is 0 Å². The molecule has 2 aromatic rings. The van der Waals surface area contributed by atoms with Gasteiger partial charge >= 0.3 is 0 Å². The fourth-order valence-electron chi connectivity index (χ4n) is 1.96. The molecule has 0 aliphatic rings. The molecular formula is C16H21ClN4. The maximum atomic E-state index is 6.02. The Hall–Kier alpha value is -1.65. The third-order valence-corrected chi connectivity index (χ3v) is 3.30. The van der Waals surface area contributed by atoms with Gasteiger partial charge in [0, 0.05) is 37.4 Å². The molecule has 1 aromatic heterocycles. The van der Waals surface area contributed by atoms with Crippen molar-refractivity contribution in [2.75, 3.05) is 11.9 Å². The monoisotopic (exact) mass is 304 g/mol. The summed E-state index contributed by atoms with van der Waals surface area (Å²) in [6, 6.07) is 8.29. The minimum atomic E-state index is 0.430. The third-order valence-electron chi connectivity index (χ3n) is 3.06. The van der Waals surface area contributed by atoms with Crippen molar-refractivity contribution in [1.29, 1.82) is 0 Å².